The Balaban J connectivity index is 1.61. The molecule has 0 aliphatic carbocycles. The van der Waals surface area contributed by atoms with Crippen LogP contribution in [0.3, 0.4) is 0 Å². The molecule has 5 nitrogen and oxygen atoms in total. The Bertz CT molecular complexity index is 1390. The highest BCUT2D eigenvalue weighted by atomic mass is 16.2. The summed E-state index contributed by atoms with van der Waals surface area (Å²) < 4.78 is 1.99. The zero-order chi connectivity index (χ0) is 23.7. The number of hydrogen-bond acceptors (Lipinski definition) is 3. The number of carbonyl (C=O) groups is 1. The summed E-state index contributed by atoms with van der Waals surface area (Å²) in [5, 5.41) is 16.8. The van der Waals surface area contributed by atoms with Crippen LogP contribution in [0.4, 0.5) is 0 Å². The van der Waals surface area contributed by atoms with E-state index in [0.29, 0.717) is 11.3 Å². The van der Waals surface area contributed by atoms with Crippen LogP contribution in [-0.2, 0) is 7.05 Å². The topological polar surface area (TPSA) is 69.8 Å². The average molecular weight is 449 g/mol. The van der Waals surface area contributed by atoms with Gasteiger partial charge in [-0.1, -0.05) is 42.0 Å². The summed E-state index contributed by atoms with van der Waals surface area (Å²) in [6, 6.07) is 24.9. The van der Waals surface area contributed by atoms with Crippen molar-refractivity contribution in [2.75, 3.05) is 13.1 Å². The molecule has 0 radical (unpaired) electrons. The van der Waals surface area contributed by atoms with Crippen LogP contribution in [0.15, 0.2) is 66.7 Å². The van der Waals surface area contributed by atoms with E-state index in [2.05, 4.69) is 60.0 Å². The third-order valence-electron chi connectivity index (χ3n) is 6.78. The minimum Gasteiger partial charge on any atom is -0.348 e. The molecule has 2 N–H and O–H groups in total. The van der Waals surface area contributed by atoms with Gasteiger partial charge in [-0.3, -0.25) is 4.79 Å². The molecule has 2 heterocycles. The number of nitriles is 1. The Hall–Kier alpha value is -3.88. The second-order valence-electron chi connectivity index (χ2n) is 9.10. The molecule has 0 saturated carbocycles. The molecule has 170 valence electrons. The van der Waals surface area contributed by atoms with E-state index in [1.807, 2.05) is 41.9 Å². The molecule has 5 heteroatoms. The van der Waals surface area contributed by atoms with Crippen molar-refractivity contribution >= 4 is 16.8 Å². The number of amides is 1. The van der Waals surface area contributed by atoms with E-state index in [1.165, 1.54) is 5.56 Å². The molecule has 1 aromatic heterocycles. The molecule has 34 heavy (non-hydrogen) atoms. The van der Waals surface area contributed by atoms with Crippen LogP contribution in [0.25, 0.3) is 33.2 Å². The first-order chi connectivity index (χ1) is 16.5. The molecule has 1 saturated heterocycles. The minimum atomic E-state index is -0.0255. The van der Waals surface area contributed by atoms with Crippen molar-refractivity contribution in [3.05, 3.63) is 83.6 Å². The summed E-state index contributed by atoms with van der Waals surface area (Å²) in [6.45, 7) is 3.96. The first-order valence-corrected chi connectivity index (χ1v) is 11.8. The van der Waals surface area contributed by atoms with Crippen molar-refractivity contribution in [2.45, 2.75) is 25.8 Å². The Morgan fingerprint density at radius 3 is 2.24 bits per heavy atom. The van der Waals surface area contributed by atoms with Crippen molar-refractivity contribution in [3.8, 4) is 28.3 Å². The van der Waals surface area contributed by atoms with E-state index in [9.17, 15) is 10.1 Å². The van der Waals surface area contributed by atoms with Gasteiger partial charge >= 0.3 is 0 Å². The number of hydrogen-bond donors (Lipinski definition) is 2. The molecule has 1 aliphatic rings. The maximum atomic E-state index is 13.1. The molecular formula is C29H28N4O. The molecule has 1 fully saturated rings. The lowest BCUT2D eigenvalue weighted by Crippen LogP contribution is -2.43. The molecule has 0 bridgehead atoms. The number of nitrogens with zero attached hydrogens (tertiary/aromatic N) is 2. The van der Waals surface area contributed by atoms with Crippen molar-refractivity contribution in [3.63, 3.8) is 0 Å². The van der Waals surface area contributed by atoms with Crippen LogP contribution in [0.1, 0.15) is 34.5 Å². The highest BCUT2D eigenvalue weighted by Crippen LogP contribution is 2.37. The average Bonchev–Trinajstić information content (AvgIpc) is 3.20. The lowest BCUT2D eigenvalue weighted by Gasteiger charge is -2.23. The normalized spacial score (nSPS) is 14.1. The van der Waals surface area contributed by atoms with Gasteiger partial charge in [-0.15, -0.1) is 0 Å². The summed E-state index contributed by atoms with van der Waals surface area (Å²) in [4.78, 5) is 13.1. The van der Waals surface area contributed by atoms with E-state index in [4.69, 9.17) is 0 Å². The molecule has 3 aromatic carbocycles. The van der Waals surface area contributed by atoms with Gasteiger partial charge in [-0.25, -0.2) is 0 Å². The Morgan fingerprint density at radius 1 is 0.971 bits per heavy atom. The lowest BCUT2D eigenvalue weighted by atomic mass is 9.92. The number of nitrogens with one attached hydrogen (secondary N) is 2. The van der Waals surface area contributed by atoms with E-state index >= 15 is 0 Å². The van der Waals surface area contributed by atoms with E-state index in [-0.39, 0.29) is 11.9 Å². The smallest absolute Gasteiger partial charge is 0.268 e. The number of piperidine rings is 1. The van der Waals surface area contributed by atoms with Gasteiger partial charge in [0.2, 0.25) is 0 Å². The van der Waals surface area contributed by atoms with Crippen molar-refractivity contribution in [1.29, 1.82) is 5.26 Å². The molecule has 4 aromatic rings. The number of fused-ring (bicyclic) bond motifs is 1. The van der Waals surface area contributed by atoms with Crippen molar-refractivity contribution in [1.82, 2.24) is 15.2 Å². The van der Waals surface area contributed by atoms with Gasteiger partial charge in [0, 0.05) is 24.0 Å². The summed E-state index contributed by atoms with van der Waals surface area (Å²) in [6.07, 6.45) is 1.91. The van der Waals surface area contributed by atoms with Crippen LogP contribution in [0, 0.1) is 18.3 Å². The van der Waals surface area contributed by atoms with Crippen LogP contribution >= 0.6 is 0 Å². The zero-order valence-electron chi connectivity index (χ0n) is 19.6. The zero-order valence-corrected chi connectivity index (χ0v) is 19.6. The van der Waals surface area contributed by atoms with E-state index in [1.54, 1.807) is 0 Å². The summed E-state index contributed by atoms with van der Waals surface area (Å²) in [7, 11) is 1.96. The maximum absolute atomic E-state index is 13.1. The fourth-order valence-corrected chi connectivity index (χ4v) is 4.76. The minimum absolute atomic E-state index is 0.0255. The number of aromatic nitrogens is 1. The summed E-state index contributed by atoms with van der Waals surface area (Å²) in [5.74, 6) is -0.0255. The standard InChI is InChI=1S/C29H28N4O/c1-19-3-7-21(8-4-19)26-17-27-23(15-25(26)22-9-5-20(18-30)6-10-22)16-28(33(27)2)29(34)32-24-11-13-31-14-12-24/h3-10,15-17,24,31H,11-14H2,1-2H3,(H,32,34). The van der Waals surface area contributed by atoms with Gasteiger partial charge in [0.15, 0.2) is 0 Å². The van der Waals surface area contributed by atoms with Gasteiger partial charge < -0.3 is 15.2 Å². The number of benzene rings is 3. The van der Waals surface area contributed by atoms with Gasteiger partial charge in [-0.05, 0) is 85.4 Å². The molecule has 5 rings (SSSR count). The monoisotopic (exact) mass is 448 g/mol. The molecule has 0 spiro atoms. The molecule has 1 aliphatic heterocycles. The predicted octanol–water partition coefficient (Wildman–Crippen LogP) is 5.17. The molecular weight excluding hydrogens is 420 g/mol. The van der Waals surface area contributed by atoms with Crippen LogP contribution in [0.5, 0.6) is 0 Å². The SMILES string of the molecule is Cc1ccc(-c2cc3c(cc2-c2ccc(C#N)cc2)cc(C(=O)NC2CCNCC2)n3C)cc1. The Kier molecular flexibility index (Phi) is 5.91. The van der Waals surface area contributed by atoms with Crippen molar-refractivity contribution < 1.29 is 4.79 Å². The quantitative estimate of drug-likeness (QED) is 0.452. The predicted molar refractivity (Wildman–Crippen MR) is 137 cm³/mol. The number of carbonyl (C=O) groups excluding carboxylic acids is 1. The lowest BCUT2D eigenvalue weighted by molar-refractivity contribution is 0.0921. The van der Waals surface area contributed by atoms with Gasteiger partial charge in [0.05, 0.1) is 11.6 Å². The third kappa shape index (κ3) is 4.21. The van der Waals surface area contributed by atoms with E-state index in [0.717, 1.165) is 59.1 Å². The highest BCUT2D eigenvalue weighted by Gasteiger charge is 2.20. The molecule has 0 atom stereocenters. The van der Waals surface area contributed by atoms with Crippen LogP contribution < -0.4 is 10.6 Å². The maximum Gasteiger partial charge on any atom is 0.268 e. The Labute approximate surface area is 200 Å². The second kappa shape index (κ2) is 9.17. The second-order valence-corrected chi connectivity index (χ2v) is 9.10. The number of aryl methyl sites for hydroxylation is 2. The highest BCUT2D eigenvalue weighted by molar-refractivity contribution is 6.02. The molecule has 1 amide bonds. The first-order valence-electron chi connectivity index (χ1n) is 11.8. The fraction of sp³-hybridized carbons (Fsp3) is 0.241. The Morgan fingerprint density at radius 2 is 1.59 bits per heavy atom. The largest absolute Gasteiger partial charge is 0.348 e. The van der Waals surface area contributed by atoms with Gasteiger partial charge in [-0.2, -0.15) is 5.26 Å². The summed E-state index contributed by atoms with van der Waals surface area (Å²) >= 11 is 0. The molecule has 0 unspecified atom stereocenters. The van der Waals surface area contributed by atoms with Crippen LogP contribution in [0.2, 0.25) is 0 Å². The first kappa shape index (κ1) is 21.9. The number of rotatable bonds is 4. The van der Waals surface area contributed by atoms with E-state index < -0.39 is 0 Å². The fourth-order valence-electron chi connectivity index (χ4n) is 4.76. The summed E-state index contributed by atoms with van der Waals surface area (Å²) in [5.41, 5.74) is 7.87. The van der Waals surface area contributed by atoms with Crippen molar-refractivity contribution in [2.24, 2.45) is 7.05 Å². The van der Waals surface area contributed by atoms with Crippen LogP contribution in [-0.4, -0.2) is 29.6 Å². The third-order valence-corrected chi connectivity index (χ3v) is 6.78. The van der Waals surface area contributed by atoms with Gasteiger partial charge in [0.25, 0.3) is 5.91 Å². The van der Waals surface area contributed by atoms with Gasteiger partial charge in [0.1, 0.15) is 5.69 Å².